The van der Waals surface area contributed by atoms with Crippen LogP contribution in [-0.2, 0) is 4.74 Å². The van der Waals surface area contributed by atoms with Crippen LogP contribution in [0, 0.1) is 0 Å². The molecule has 0 spiro atoms. The molecule has 0 fully saturated rings. The highest BCUT2D eigenvalue weighted by Crippen LogP contribution is 2.18. The number of carbonyl (C=O) groups is 1. The van der Waals surface area contributed by atoms with Crippen LogP contribution in [0.1, 0.15) is 23.2 Å². The lowest BCUT2D eigenvalue weighted by molar-refractivity contribution is 0.0602. The normalized spacial score (nSPS) is 10.1. The van der Waals surface area contributed by atoms with Crippen LogP contribution in [0.3, 0.4) is 0 Å². The Hall–Kier alpha value is -1.36. The summed E-state index contributed by atoms with van der Waals surface area (Å²) in [5, 5.41) is 3.28. The molecule has 0 bridgehead atoms. The van der Waals surface area contributed by atoms with Crippen molar-refractivity contribution in [1.82, 2.24) is 0 Å². The summed E-state index contributed by atoms with van der Waals surface area (Å²) in [6, 6.07) is 5.32. The van der Waals surface area contributed by atoms with Crippen molar-refractivity contribution in [3.63, 3.8) is 0 Å². The van der Waals surface area contributed by atoms with Gasteiger partial charge in [-0.25, -0.2) is 4.79 Å². The lowest BCUT2D eigenvalue weighted by atomic mass is 10.1. The Morgan fingerprint density at radius 1 is 1.44 bits per heavy atom. The number of carbonyl (C=O) groups excluding carboxylic acids is 1. The smallest absolute Gasteiger partial charge is 0.340 e. The van der Waals surface area contributed by atoms with Crippen LogP contribution in [0.2, 0.25) is 0 Å². The number of anilines is 2. The fraction of sp³-hybridized carbons (Fsp3) is 0.462. The first-order valence-corrected chi connectivity index (χ1v) is 7.29. The molecule has 0 aliphatic rings. The standard InChI is InChI=1S/C13H20N2O2S/c1-17-13(16)11-9-10(5-6-12(11)14)15-7-3-4-8-18-2/h5-6,9,15H,3-4,7-8,14H2,1-2H3. The van der Waals surface area contributed by atoms with Crippen LogP contribution in [0.15, 0.2) is 18.2 Å². The van der Waals surface area contributed by atoms with Gasteiger partial charge in [0.1, 0.15) is 0 Å². The molecule has 1 rings (SSSR count). The predicted molar refractivity (Wildman–Crippen MR) is 78.3 cm³/mol. The summed E-state index contributed by atoms with van der Waals surface area (Å²) in [7, 11) is 1.35. The van der Waals surface area contributed by atoms with Crippen molar-refractivity contribution < 1.29 is 9.53 Å². The molecule has 0 radical (unpaired) electrons. The Morgan fingerprint density at radius 2 is 2.22 bits per heavy atom. The van der Waals surface area contributed by atoms with Gasteiger partial charge < -0.3 is 15.8 Å². The number of nitrogens with two attached hydrogens (primary N) is 1. The number of ether oxygens (including phenoxy) is 1. The van der Waals surface area contributed by atoms with Crippen molar-refractivity contribution in [2.24, 2.45) is 0 Å². The number of nitrogen functional groups attached to an aromatic ring is 1. The van der Waals surface area contributed by atoms with E-state index < -0.39 is 5.97 Å². The Bertz CT molecular complexity index is 397. The van der Waals surface area contributed by atoms with Crippen molar-refractivity contribution in [2.45, 2.75) is 12.8 Å². The molecule has 0 atom stereocenters. The summed E-state index contributed by atoms with van der Waals surface area (Å²) in [5.41, 5.74) is 7.47. The molecule has 4 nitrogen and oxygen atoms in total. The van der Waals surface area contributed by atoms with Gasteiger partial charge in [0.15, 0.2) is 0 Å². The maximum Gasteiger partial charge on any atom is 0.340 e. The highest BCUT2D eigenvalue weighted by Gasteiger charge is 2.10. The van der Waals surface area contributed by atoms with E-state index in [-0.39, 0.29) is 0 Å². The minimum atomic E-state index is -0.404. The molecule has 3 N–H and O–H groups in total. The first-order valence-electron chi connectivity index (χ1n) is 5.89. The molecule has 0 saturated carbocycles. The molecule has 18 heavy (non-hydrogen) atoms. The summed E-state index contributed by atoms with van der Waals surface area (Å²) < 4.78 is 4.68. The van der Waals surface area contributed by atoms with E-state index in [0.717, 1.165) is 18.7 Å². The van der Waals surface area contributed by atoms with Gasteiger partial charge in [-0.05, 0) is 43.0 Å². The molecule has 1 aromatic rings. The molecule has 1 aromatic carbocycles. The highest BCUT2D eigenvalue weighted by molar-refractivity contribution is 7.98. The van der Waals surface area contributed by atoms with E-state index in [4.69, 9.17) is 5.73 Å². The summed E-state index contributed by atoms with van der Waals surface area (Å²) in [4.78, 5) is 11.5. The van der Waals surface area contributed by atoms with Crippen molar-refractivity contribution in [3.05, 3.63) is 23.8 Å². The van der Waals surface area contributed by atoms with E-state index in [2.05, 4.69) is 16.3 Å². The van der Waals surface area contributed by atoms with Gasteiger partial charge in [-0.1, -0.05) is 0 Å². The lowest BCUT2D eigenvalue weighted by Gasteiger charge is -2.09. The number of methoxy groups -OCH3 is 1. The number of esters is 1. The van der Waals surface area contributed by atoms with Gasteiger partial charge in [-0.3, -0.25) is 0 Å². The van der Waals surface area contributed by atoms with Gasteiger partial charge in [0, 0.05) is 17.9 Å². The molecule has 0 aliphatic carbocycles. The van der Waals surface area contributed by atoms with E-state index in [0.29, 0.717) is 11.3 Å². The van der Waals surface area contributed by atoms with Gasteiger partial charge >= 0.3 is 5.97 Å². The number of hydrogen-bond acceptors (Lipinski definition) is 5. The van der Waals surface area contributed by atoms with Crippen molar-refractivity contribution in [1.29, 1.82) is 0 Å². The molecular weight excluding hydrogens is 248 g/mol. The average Bonchev–Trinajstić information content (AvgIpc) is 2.39. The van der Waals surface area contributed by atoms with E-state index in [1.54, 1.807) is 12.1 Å². The Kier molecular flexibility index (Phi) is 6.43. The van der Waals surface area contributed by atoms with Crippen LogP contribution >= 0.6 is 11.8 Å². The Balaban J connectivity index is 2.54. The first-order chi connectivity index (χ1) is 8.69. The van der Waals surface area contributed by atoms with Gasteiger partial charge in [-0.2, -0.15) is 11.8 Å². The number of thioether (sulfide) groups is 1. The first kappa shape index (κ1) is 14.7. The summed E-state index contributed by atoms with van der Waals surface area (Å²) in [6.45, 7) is 0.894. The fourth-order valence-corrected chi connectivity index (χ4v) is 2.05. The zero-order valence-corrected chi connectivity index (χ0v) is 11.7. The molecule has 0 amide bonds. The number of rotatable bonds is 7. The average molecular weight is 268 g/mol. The zero-order chi connectivity index (χ0) is 13.4. The molecule has 5 heteroatoms. The summed E-state index contributed by atoms with van der Waals surface area (Å²) in [5.74, 6) is 0.773. The van der Waals surface area contributed by atoms with E-state index in [9.17, 15) is 4.79 Å². The Morgan fingerprint density at radius 3 is 2.89 bits per heavy atom. The second-order valence-electron chi connectivity index (χ2n) is 3.92. The van der Waals surface area contributed by atoms with Gasteiger partial charge in [0.25, 0.3) is 0 Å². The third-order valence-corrected chi connectivity index (χ3v) is 3.26. The van der Waals surface area contributed by atoms with Crippen LogP contribution in [0.25, 0.3) is 0 Å². The maximum atomic E-state index is 11.5. The second-order valence-corrected chi connectivity index (χ2v) is 4.91. The van der Waals surface area contributed by atoms with E-state index in [1.165, 1.54) is 19.3 Å². The summed E-state index contributed by atoms with van der Waals surface area (Å²) in [6.07, 6.45) is 4.40. The molecule has 0 saturated heterocycles. The van der Waals surface area contributed by atoms with Crippen LogP contribution in [0.5, 0.6) is 0 Å². The molecule has 0 heterocycles. The number of hydrogen-bond donors (Lipinski definition) is 2. The third-order valence-electron chi connectivity index (χ3n) is 2.56. The van der Waals surface area contributed by atoms with Crippen LogP contribution < -0.4 is 11.1 Å². The lowest BCUT2D eigenvalue weighted by Crippen LogP contribution is -2.08. The second kappa shape index (κ2) is 7.87. The molecule has 0 unspecified atom stereocenters. The maximum absolute atomic E-state index is 11.5. The van der Waals surface area contributed by atoms with Crippen LogP contribution in [0.4, 0.5) is 11.4 Å². The van der Waals surface area contributed by atoms with Crippen molar-refractivity contribution in [2.75, 3.05) is 36.7 Å². The predicted octanol–water partition coefficient (Wildman–Crippen LogP) is 2.61. The van der Waals surface area contributed by atoms with E-state index in [1.807, 2.05) is 17.8 Å². The molecule has 100 valence electrons. The highest BCUT2D eigenvalue weighted by atomic mass is 32.2. The SMILES string of the molecule is COC(=O)c1cc(NCCCCSC)ccc1N. The van der Waals surface area contributed by atoms with Gasteiger partial charge in [0.2, 0.25) is 0 Å². The largest absolute Gasteiger partial charge is 0.465 e. The van der Waals surface area contributed by atoms with Crippen molar-refractivity contribution >= 4 is 29.1 Å². The fourth-order valence-electron chi connectivity index (χ4n) is 1.56. The molecular formula is C13H20N2O2S. The molecule has 0 aliphatic heterocycles. The summed E-state index contributed by atoms with van der Waals surface area (Å²) >= 11 is 1.85. The topological polar surface area (TPSA) is 64.3 Å². The quantitative estimate of drug-likeness (QED) is 0.452. The molecule has 0 aromatic heterocycles. The number of nitrogens with one attached hydrogen (secondary N) is 1. The van der Waals surface area contributed by atoms with Gasteiger partial charge in [0.05, 0.1) is 12.7 Å². The number of benzene rings is 1. The van der Waals surface area contributed by atoms with Gasteiger partial charge in [-0.15, -0.1) is 0 Å². The third kappa shape index (κ3) is 4.49. The minimum Gasteiger partial charge on any atom is -0.465 e. The van der Waals surface area contributed by atoms with E-state index >= 15 is 0 Å². The number of unbranched alkanes of at least 4 members (excludes halogenated alkanes) is 1. The Labute approximate surface area is 112 Å². The van der Waals surface area contributed by atoms with Crippen LogP contribution in [-0.4, -0.2) is 31.6 Å². The van der Waals surface area contributed by atoms with Crippen molar-refractivity contribution in [3.8, 4) is 0 Å². The zero-order valence-electron chi connectivity index (χ0n) is 10.9. The minimum absolute atomic E-state index is 0.404. The monoisotopic (exact) mass is 268 g/mol.